The van der Waals surface area contributed by atoms with Crippen LogP contribution in [0.25, 0.3) is 10.8 Å². The van der Waals surface area contributed by atoms with Crippen molar-refractivity contribution < 1.29 is 0 Å². The molecule has 0 amide bonds. The third-order valence-corrected chi connectivity index (χ3v) is 3.93. The summed E-state index contributed by atoms with van der Waals surface area (Å²) in [7, 11) is 0. The molecular weight excluding hydrogens is 274 g/mol. The zero-order chi connectivity index (χ0) is 13.7. The molecule has 0 fully saturated rings. The summed E-state index contributed by atoms with van der Waals surface area (Å²) in [6.45, 7) is 0. The number of thioether (sulfide) groups is 1. The van der Waals surface area contributed by atoms with Crippen LogP contribution < -0.4 is 16.8 Å². The molecule has 0 aliphatic rings. The van der Waals surface area contributed by atoms with E-state index in [0.717, 1.165) is 16.1 Å². The first kappa shape index (κ1) is 13.7. The van der Waals surface area contributed by atoms with Crippen molar-refractivity contribution in [3.05, 3.63) is 53.7 Å². The number of hydrogen-bond acceptors (Lipinski definition) is 4. The Kier molecular flexibility index (Phi) is 4.65. The standard InChI is InChI=1S/C14H15N3S2/c15-8-13(16)19-9-14(18)17-12-7-3-5-10-4-1-2-6-11(10)12/h1-8H,9,15-16H2,(H,17,18)/b13-8+. The number of rotatable bonds is 4. The minimum absolute atomic E-state index is 0.571. The lowest BCUT2D eigenvalue weighted by molar-refractivity contribution is 1.46. The molecule has 98 valence electrons. The zero-order valence-corrected chi connectivity index (χ0v) is 11.9. The Labute approximate surface area is 122 Å². The van der Waals surface area contributed by atoms with Gasteiger partial charge in [-0.15, -0.1) is 11.8 Å². The number of thiocarbonyl (C=S) groups is 1. The lowest BCUT2D eigenvalue weighted by Crippen LogP contribution is -2.13. The van der Waals surface area contributed by atoms with Crippen molar-refractivity contribution in [2.75, 3.05) is 11.1 Å². The number of hydrogen-bond donors (Lipinski definition) is 3. The first-order valence-corrected chi connectivity index (χ1v) is 7.18. The van der Waals surface area contributed by atoms with Gasteiger partial charge in [0.05, 0.1) is 15.8 Å². The van der Waals surface area contributed by atoms with Crippen LogP contribution in [0.1, 0.15) is 0 Å². The topological polar surface area (TPSA) is 64.1 Å². The van der Waals surface area contributed by atoms with E-state index in [0.29, 0.717) is 10.8 Å². The number of nitrogens with one attached hydrogen (secondary N) is 1. The monoisotopic (exact) mass is 289 g/mol. The highest BCUT2D eigenvalue weighted by atomic mass is 32.2. The molecule has 2 aromatic rings. The summed E-state index contributed by atoms with van der Waals surface area (Å²) in [5, 5.41) is 6.16. The van der Waals surface area contributed by atoms with E-state index in [-0.39, 0.29) is 0 Å². The predicted molar refractivity (Wildman–Crippen MR) is 89.1 cm³/mol. The SMILES string of the molecule is N/C=C(\N)SCC(=S)Nc1cccc2ccccc12. The van der Waals surface area contributed by atoms with Crippen molar-refractivity contribution in [1.82, 2.24) is 0 Å². The third kappa shape index (κ3) is 3.62. The summed E-state index contributed by atoms with van der Waals surface area (Å²) < 4.78 is 0. The quantitative estimate of drug-likeness (QED) is 0.755. The molecule has 5 heteroatoms. The van der Waals surface area contributed by atoms with Gasteiger partial charge in [0.1, 0.15) is 0 Å². The minimum atomic E-state index is 0.571. The van der Waals surface area contributed by atoms with Gasteiger partial charge in [0, 0.05) is 17.3 Å². The maximum Gasteiger partial charge on any atom is 0.0902 e. The maximum atomic E-state index is 5.62. The summed E-state index contributed by atoms with van der Waals surface area (Å²) in [6, 6.07) is 14.3. The normalized spacial score (nSPS) is 11.5. The van der Waals surface area contributed by atoms with Crippen LogP contribution in [0.3, 0.4) is 0 Å². The number of anilines is 1. The summed E-state index contributed by atoms with van der Waals surface area (Å²) in [5.74, 6) is 0.609. The molecule has 0 radical (unpaired) electrons. The lowest BCUT2D eigenvalue weighted by atomic mass is 10.1. The van der Waals surface area contributed by atoms with E-state index in [1.807, 2.05) is 24.3 Å². The Bertz CT molecular complexity index is 618. The van der Waals surface area contributed by atoms with Crippen LogP contribution >= 0.6 is 24.0 Å². The van der Waals surface area contributed by atoms with Crippen LogP contribution in [0.4, 0.5) is 5.69 Å². The number of fused-ring (bicyclic) bond motifs is 1. The number of nitrogens with two attached hydrogens (primary N) is 2. The van der Waals surface area contributed by atoms with Crippen LogP contribution in [0, 0.1) is 0 Å². The van der Waals surface area contributed by atoms with E-state index in [9.17, 15) is 0 Å². The van der Waals surface area contributed by atoms with Crippen molar-refractivity contribution >= 4 is 45.4 Å². The maximum absolute atomic E-state index is 5.62. The molecule has 0 unspecified atom stereocenters. The fourth-order valence-electron chi connectivity index (χ4n) is 1.72. The third-order valence-electron chi connectivity index (χ3n) is 2.60. The summed E-state index contributed by atoms with van der Waals surface area (Å²) >= 11 is 6.73. The van der Waals surface area contributed by atoms with Crippen molar-refractivity contribution in [3.63, 3.8) is 0 Å². The Morgan fingerprint density at radius 3 is 2.74 bits per heavy atom. The van der Waals surface area contributed by atoms with Crippen molar-refractivity contribution in [2.45, 2.75) is 0 Å². The summed E-state index contributed by atoms with van der Waals surface area (Å²) in [6.07, 6.45) is 1.38. The minimum Gasteiger partial charge on any atom is -0.403 e. The first-order chi connectivity index (χ1) is 9.20. The van der Waals surface area contributed by atoms with E-state index >= 15 is 0 Å². The van der Waals surface area contributed by atoms with Gasteiger partial charge in [-0.3, -0.25) is 0 Å². The Morgan fingerprint density at radius 1 is 1.21 bits per heavy atom. The van der Waals surface area contributed by atoms with Gasteiger partial charge in [0.2, 0.25) is 0 Å². The van der Waals surface area contributed by atoms with E-state index in [2.05, 4.69) is 23.5 Å². The van der Waals surface area contributed by atoms with Gasteiger partial charge in [-0.1, -0.05) is 48.6 Å². The average Bonchev–Trinajstić information content (AvgIpc) is 2.45. The molecule has 0 bridgehead atoms. The molecule has 0 saturated heterocycles. The molecule has 0 spiro atoms. The van der Waals surface area contributed by atoms with E-state index in [1.165, 1.54) is 23.3 Å². The highest BCUT2D eigenvalue weighted by Gasteiger charge is 2.03. The van der Waals surface area contributed by atoms with Crippen LogP contribution in [-0.2, 0) is 0 Å². The van der Waals surface area contributed by atoms with Crippen LogP contribution in [-0.4, -0.2) is 10.7 Å². The fraction of sp³-hybridized carbons (Fsp3) is 0.0714. The van der Waals surface area contributed by atoms with E-state index in [1.54, 1.807) is 0 Å². The van der Waals surface area contributed by atoms with Gasteiger partial charge in [0.15, 0.2) is 0 Å². The Morgan fingerprint density at radius 2 is 1.95 bits per heavy atom. The van der Waals surface area contributed by atoms with Gasteiger partial charge in [0.25, 0.3) is 0 Å². The highest BCUT2D eigenvalue weighted by Crippen LogP contribution is 2.23. The molecule has 19 heavy (non-hydrogen) atoms. The molecule has 2 aromatic carbocycles. The van der Waals surface area contributed by atoms with Crippen molar-refractivity contribution in [3.8, 4) is 0 Å². The van der Waals surface area contributed by atoms with E-state index in [4.69, 9.17) is 23.7 Å². The van der Waals surface area contributed by atoms with Gasteiger partial charge in [-0.05, 0) is 11.5 Å². The highest BCUT2D eigenvalue weighted by molar-refractivity contribution is 8.04. The molecule has 0 aliphatic carbocycles. The molecule has 2 rings (SSSR count). The second-order valence-corrected chi connectivity index (χ2v) is 5.47. The van der Waals surface area contributed by atoms with E-state index < -0.39 is 0 Å². The largest absolute Gasteiger partial charge is 0.403 e. The van der Waals surface area contributed by atoms with Crippen molar-refractivity contribution in [2.24, 2.45) is 11.5 Å². The summed E-state index contributed by atoms with van der Waals surface area (Å²) in [5.41, 5.74) is 11.9. The van der Waals surface area contributed by atoms with Gasteiger partial charge in [-0.2, -0.15) is 0 Å². The molecule has 0 atom stereocenters. The Hall–Kier alpha value is -1.72. The first-order valence-electron chi connectivity index (χ1n) is 5.78. The molecule has 5 N–H and O–H groups in total. The molecule has 3 nitrogen and oxygen atoms in total. The number of benzene rings is 2. The Balaban J connectivity index is 2.11. The van der Waals surface area contributed by atoms with Crippen molar-refractivity contribution in [1.29, 1.82) is 0 Å². The van der Waals surface area contributed by atoms with Gasteiger partial charge in [-0.25, -0.2) is 0 Å². The van der Waals surface area contributed by atoms with Crippen LogP contribution in [0.15, 0.2) is 53.7 Å². The molecule has 0 saturated carbocycles. The average molecular weight is 289 g/mol. The zero-order valence-electron chi connectivity index (χ0n) is 10.3. The molecular formula is C14H15N3S2. The lowest BCUT2D eigenvalue weighted by Gasteiger charge is -2.10. The molecule has 0 aliphatic heterocycles. The van der Waals surface area contributed by atoms with Gasteiger partial charge >= 0.3 is 0 Å². The second-order valence-electron chi connectivity index (χ2n) is 3.93. The smallest absolute Gasteiger partial charge is 0.0902 e. The van der Waals surface area contributed by atoms with Crippen LogP contribution in [0.2, 0.25) is 0 Å². The van der Waals surface area contributed by atoms with Crippen LogP contribution in [0.5, 0.6) is 0 Å². The fourth-order valence-corrected chi connectivity index (χ4v) is 2.47. The predicted octanol–water partition coefficient (Wildman–Crippen LogP) is 3.03. The molecule has 0 aromatic heterocycles. The second kappa shape index (κ2) is 6.45. The summed E-state index contributed by atoms with van der Waals surface area (Å²) in [4.78, 5) is 0.728. The molecule has 0 heterocycles. The van der Waals surface area contributed by atoms with Gasteiger partial charge < -0.3 is 16.8 Å².